The van der Waals surface area contributed by atoms with E-state index in [1.807, 2.05) is 0 Å². The molecule has 0 heterocycles. The molecule has 0 aliphatic heterocycles. The predicted molar refractivity (Wildman–Crippen MR) is 57.5 cm³/mol. The third kappa shape index (κ3) is 1.82. The molecule has 68 valence electrons. The van der Waals surface area contributed by atoms with Crippen LogP contribution < -0.4 is 0 Å². The molecule has 0 amide bonds. The summed E-state index contributed by atoms with van der Waals surface area (Å²) in [5.74, 6) is 0.580. The highest BCUT2D eigenvalue weighted by molar-refractivity contribution is 5.47. The number of fused-ring (bicyclic) bond motifs is 1. The van der Waals surface area contributed by atoms with Crippen molar-refractivity contribution in [2.75, 3.05) is 0 Å². The number of rotatable bonds is 3. The Morgan fingerprint density at radius 2 is 2.23 bits per heavy atom. The van der Waals surface area contributed by atoms with Gasteiger partial charge in [-0.15, -0.1) is 0 Å². The Labute approximate surface area is 80.3 Å². The molecule has 0 nitrogen and oxygen atoms in total. The predicted octanol–water partition coefficient (Wildman–Crippen LogP) is 3.79. The van der Waals surface area contributed by atoms with Gasteiger partial charge < -0.3 is 0 Å². The van der Waals surface area contributed by atoms with Crippen molar-refractivity contribution in [1.82, 2.24) is 0 Å². The van der Waals surface area contributed by atoms with Crippen LogP contribution in [0.5, 0.6) is 0 Å². The summed E-state index contributed by atoms with van der Waals surface area (Å²) in [7, 11) is 0. The lowest BCUT2D eigenvalue weighted by Gasteiger charge is -2.06. The molecule has 0 N–H and O–H groups in total. The third-order valence-electron chi connectivity index (χ3n) is 2.67. The Morgan fingerprint density at radius 3 is 3.00 bits per heavy atom. The normalized spacial score (nSPS) is 24.2. The van der Waals surface area contributed by atoms with Gasteiger partial charge in [-0.1, -0.05) is 55.4 Å². The van der Waals surface area contributed by atoms with Crippen LogP contribution in [0.25, 0.3) is 0 Å². The zero-order chi connectivity index (χ0) is 9.10. The summed E-state index contributed by atoms with van der Waals surface area (Å²) >= 11 is 0. The fourth-order valence-corrected chi connectivity index (χ4v) is 1.90. The quantitative estimate of drug-likeness (QED) is 0.607. The summed E-state index contributed by atoms with van der Waals surface area (Å²) in [6.07, 6.45) is 17.3. The molecule has 1 atom stereocenters. The van der Waals surface area contributed by atoms with Crippen LogP contribution in [-0.4, -0.2) is 0 Å². The van der Waals surface area contributed by atoms with E-state index in [-0.39, 0.29) is 0 Å². The second-order valence-corrected chi connectivity index (χ2v) is 3.76. The first-order valence-electron chi connectivity index (χ1n) is 5.17. The molecule has 0 bridgehead atoms. The Morgan fingerprint density at radius 1 is 1.31 bits per heavy atom. The summed E-state index contributed by atoms with van der Waals surface area (Å²) in [5.41, 5.74) is 2.99. The highest BCUT2D eigenvalue weighted by atomic mass is 14.2. The summed E-state index contributed by atoms with van der Waals surface area (Å²) in [6.45, 7) is 2.25. The van der Waals surface area contributed by atoms with Gasteiger partial charge in [0.05, 0.1) is 0 Å². The van der Waals surface area contributed by atoms with Crippen molar-refractivity contribution in [3.8, 4) is 0 Å². The van der Waals surface area contributed by atoms with Crippen molar-refractivity contribution in [2.45, 2.75) is 26.2 Å². The van der Waals surface area contributed by atoms with Gasteiger partial charge >= 0.3 is 0 Å². The minimum atomic E-state index is 0.580. The highest BCUT2D eigenvalue weighted by Gasteiger charge is 2.15. The second kappa shape index (κ2) is 3.78. The topological polar surface area (TPSA) is 0 Å². The molecule has 0 aromatic rings. The van der Waals surface area contributed by atoms with E-state index >= 15 is 0 Å². The summed E-state index contributed by atoms with van der Waals surface area (Å²) in [4.78, 5) is 0. The molecule has 0 spiro atoms. The van der Waals surface area contributed by atoms with E-state index in [4.69, 9.17) is 0 Å². The van der Waals surface area contributed by atoms with Crippen LogP contribution in [-0.2, 0) is 0 Å². The Bertz CT molecular complexity index is 300. The number of unbranched alkanes of at least 4 members (excludes halogenated alkanes) is 1. The van der Waals surface area contributed by atoms with E-state index in [0.717, 1.165) is 0 Å². The lowest BCUT2D eigenvalue weighted by Crippen LogP contribution is -1.92. The number of allylic oxidation sites excluding steroid dienone is 8. The fourth-order valence-electron chi connectivity index (χ4n) is 1.90. The van der Waals surface area contributed by atoms with Crippen LogP contribution in [0.3, 0.4) is 0 Å². The first-order valence-corrected chi connectivity index (χ1v) is 5.17. The average molecular weight is 172 g/mol. The molecule has 0 heteroatoms. The molecular weight excluding hydrogens is 156 g/mol. The SMILES string of the molecule is CCCCC1=CC2C=CC=CC2=C1. The molecule has 0 fully saturated rings. The smallest absolute Gasteiger partial charge is 0.0207 e. The molecule has 13 heavy (non-hydrogen) atoms. The lowest BCUT2D eigenvalue weighted by atomic mass is 9.98. The summed E-state index contributed by atoms with van der Waals surface area (Å²) in [5, 5.41) is 0. The maximum absolute atomic E-state index is 2.39. The van der Waals surface area contributed by atoms with E-state index in [2.05, 4.69) is 43.4 Å². The largest absolute Gasteiger partial charge is 0.0732 e. The van der Waals surface area contributed by atoms with E-state index in [9.17, 15) is 0 Å². The van der Waals surface area contributed by atoms with Crippen LogP contribution in [0, 0.1) is 5.92 Å². The van der Waals surface area contributed by atoms with Gasteiger partial charge in [0.15, 0.2) is 0 Å². The van der Waals surface area contributed by atoms with Crippen LogP contribution in [0.4, 0.5) is 0 Å². The van der Waals surface area contributed by atoms with Gasteiger partial charge in [0, 0.05) is 5.92 Å². The maximum Gasteiger partial charge on any atom is 0.0207 e. The van der Waals surface area contributed by atoms with Crippen LogP contribution in [0.1, 0.15) is 26.2 Å². The molecule has 0 aromatic carbocycles. The second-order valence-electron chi connectivity index (χ2n) is 3.76. The monoisotopic (exact) mass is 172 g/mol. The van der Waals surface area contributed by atoms with Crippen LogP contribution in [0.15, 0.2) is 47.6 Å². The minimum absolute atomic E-state index is 0.580. The van der Waals surface area contributed by atoms with Crippen molar-refractivity contribution in [2.24, 2.45) is 5.92 Å². The zero-order valence-electron chi connectivity index (χ0n) is 8.16. The Balaban J connectivity index is 2.05. The van der Waals surface area contributed by atoms with Crippen molar-refractivity contribution in [1.29, 1.82) is 0 Å². The zero-order valence-corrected chi connectivity index (χ0v) is 8.16. The van der Waals surface area contributed by atoms with Gasteiger partial charge in [-0.2, -0.15) is 0 Å². The van der Waals surface area contributed by atoms with Crippen LogP contribution >= 0.6 is 0 Å². The molecule has 0 saturated heterocycles. The minimum Gasteiger partial charge on any atom is -0.0732 e. The lowest BCUT2D eigenvalue weighted by molar-refractivity contribution is 0.797. The molecule has 0 radical (unpaired) electrons. The summed E-state index contributed by atoms with van der Waals surface area (Å²) in [6, 6.07) is 0. The standard InChI is InChI=1S/C13H16/c1-2-3-6-11-9-12-7-4-5-8-13(12)10-11/h4-5,7-10,12H,2-3,6H2,1H3. The van der Waals surface area contributed by atoms with Crippen molar-refractivity contribution >= 4 is 0 Å². The van der Waals surface area contributed by atoms with Gasteiger partial charge in [0.25, 0.3) is 0 Å². The van der Waals surface area contributed by atoms with Gasteiger partial charge in [-0.25, -0.2) is 0 Å². The summed E-state index contributed by atoms with van der Waals surface area (Å²) < 4.78 is 0. The molecule has 0 saturated carbocycles. The van der Waals surface area contributed by atoms with Crippen LogP contribution in [0.2, 0.25) is 0 Å². The molecular formula is C13H16. The molecule has 0 aromatic heterocycles. The van der Waals surface area contributed by atoms with Gasteiger partial charge in [-0.3, -0.25) is 0 Å². The molecule has 2 rings (SSSR count). The van der Waals surface area contributed by atoms with E-state index in [1.54, 1.807) is 0 Å². The van der Waals surface area contributed by atoms with E-state index in [1.165, 1.54) is 30.4 Å². The first kappa shape index (κ1) is 8.55. The number of hydrogen-bond donors (Lipinski definition) is 0. The fraction of sp³-hybridized carbons (Fsp3) is 0.385. The van der Waals surface area contributed by atoms with Crippen molar-refractivity contribution < 1.29 is 0 Å². The molecule has 2 aliphatic rings. The molecule has 2 aliphatic carbocycles. The molecule has 1 unspecified atom stereocenters. The Kier molecular flexibility index (Phi) is 2.49. The van der Waals surface area contributed by atoms with Crippen molar-refractivity contribution in [3.05, 3.63) is 47.6 Å². The average Bonchev–Trinajstić information content (AvgIpc) is 2.57. The Hall–Kier alpha value is -1.04. The van der Waals surface area contributed by atoms with Crippen molar-refractivity contribution in [3.63, 3.8) is 0 Å². The van der Waals surface area contributed by atoms with E-state index < -0.39 is 0 Å². The third-order valence-corrected chi connectivity index (χ3v) is 2.67. The van der Waals surface area contributed by atoms with Gasteiger partial charge in [0.1, 0.15) is 0 Å². The van der Waals surface area contributed by atoms with Gasteiger partial charge in [0.2, 0.25) is 0 Å². The maximum atomic E-state index is 2.39. The first-order chi connectivity index (χ1) is 6.40. The van der Waals surface area contributed by atoms with E-state index in [0.29, 0.717) is 5.92 Å². The highest BCUT2D eigenvalue weighted by Crippen LogP contribution is 2.30. The number of hydrogen-bond acceptors (Lipinski definition) is 0. The van der Waals surface area contributed by atoms with Gasteiger partial charge in [-0.05, 0) is 18.4 Å².